The van der Waals surface area contributed by atoms with Gasteiger partial charge in [-0.25, -0.2) is 9.67 Å². The SMILES string of the molecule is Cc1c(Br)nnn1-c1cccnc1F. The van der Waals surface area contributed by atoms with Gasteiger partial charge in [0.15, 0.2) is 4.60 Å². The predicted molar refractivity (Wildman–Crippen MR) is 51.5 cm³/mol. The number of rotatable bonds is 1. The van der Waals surface area contributed by atoms with Crippen LogP contribution in [-0.2, 0) is 0 Å². The van der Waals surface area contributed by atoms with Gasteiger partial charge in [-0.05, 0) is 35.0 Å². The van der Waals surface area contributed by atoms with Gasteiger partial charge in [-0.15, -0.1) is 5.10 Å². The second kappa shape index (κ2) is 3.45. The summed E-state index contributed by atoms with van der Waals surface area (Å²) in [6, 6.07) is 3.24. The molecule has 0 radical (unpaired) electrons. The van der Waals surface area contributed by atoms with Crippen molar-refractivity contribution in [2.24, 2.45) is 0 Å². The van der Waals surface area contributed by atoms with Crippen LogP contribution in [0.3, 0.4) is 0 Å². The van der Waals surface area contributed by atoms with Crippen molar-refractivity contribution in [3.8, 4) is 5.69 Å². The van der Waals surface area contributed by atoms with Gasteiger partial charge in [0.2, 0.25) is 5.95 Å². The summed E-state index contributed by atoms with van der Waals surface area (Å²) in [5.74, 6) is -0.562. The summed E-state index contributed by atoms with van der Waals surface area (Å²) in [6.45, 7) is 1.79. The van der Waals surface area contributed by atoms with Gasteiger partial charge in [-0.3, -0.25) is 0 Å². The molecule has 6 heteroatoms. The minimum Gasteiger partial charge on any atom is -0.226 e. The van der Waals surface area contributed by atoms with E-state index in [1.54, 1.807) is 19.1 Å². The molecule has 2 aromatic rings. The van der Waals surface area contributed by atoms with E-state index in [4.69, 9.17) is 0 Å². The summed E-state index contributed by atoms with van der Waals surface area (Å²) in [7, 11) is 0. The van der Waals surface area contributed by atoms with Gasteiger partial charge in [0.1, 0.15) is 5.69 Å². The summed E-state index contributed by atoms with van der Waals surface area (Å²) >= 11 is 3.20. The molecule has 14 heavy (non-hydrogen) atoms. The zero-order chi connectivity index (χ0) is 10.1. The summed E-state index contributed by atoms with van der Waals surface area (Å²) in [5.41, 5.74) is 1.03. The molecule has 0 atom stereocenters. The Bertz CT molecular complexity index is 468. The number of pyridine rings is 1. The lowest BCUT2D eigenvalue weighted by Gasteiger charge is -2.02. The largest absolute Gasteiger partial charge is 0.238 e. The molecular formula is C8H6BrFN4. The average molecular weight is 257 g/mol. The first-order valence-electron chi connectivity index (χ1n) is 3.89. The third-order valence-corrected chi connectivity index (χ3v) is 2.54. The highest BCUT2D eigenvalue weighted by molar-refractivity contribution is 9.10. The van der Waals surface area contributed by atoms with Crippen LogP contribution in [0.15, 0.2) is 22.9 Å². The zero-order valence-electron chi connectivity index (χ0n) is 7.28. The molecule has 0 unspecified atom stereocenters. The Kier molecular flexibility index (Phi) is 2.28. The number of hydrogen-bond donors (Lipinski definition) is 0. The molecule has 0 aliphatic carbocycles. The Hall–Kier alpha value is -1.30. The lowest BCUT2D eigenvalue weighted by molar-refractivity contribution is 0.564. The van der Waals surface area contributed by atoms with Crippen LogP contribution in [0.1, 0.15) is 5.69 Å². The maximum atomic E-state index is 13.2. The van der Waals surface area contributed by atoms with E-state index in [0.717, 1.165) is 5.69 Å². The van der Waals surface area contributed by atoms with Crippen LogP contribution in [-0.4, -0.2) is 20.0 Å². The Morgan fingerprint density at radius 1 is 1.50 bits per heavy atom. The molecular weight excluding hydrogens is 251 g/mol. The van der Waals surface area contributed by atoms with Crippen LogP contribution in [0, 0.1) is 12.9 Å². The first-order valence-corrected chi connectivity index (χ1v) is 4.68. The van der Waals surface area contributed by atoms with E-state index in [-0.39, 0.29) is 0 Å². The standard InChI is InChI=1S/C8H6BrFN4/c1-5-7(9)12-13-14(5)6-3-2-4-11-8(6)10/h2-4H,1H3. The maximum Gasteiger partial charge on any atom is 0.238 e. The molecule has 0 aliphatic heterocycles. The van der Waals surface area contributed by atoms with Crippen molar-refractivity contribution in [2.45, 2.75) is 6.92 Å². The van der Waals surface area contributed by atoms with Crippen LogP contribution in [0.5, 0.6) is 0 Å². The lowest BCUT2D eigenvalue weighted by Crippen LogP contribution is -2.03. The van der Waals surface area contributed by atoms with Crippen molar-refractivity contribution in [1.29, 1.82) is 0 Å². The molecule has 0 saturated heterocycles. The molecule has 2 rings (SSSR count). The van der Waals surface area contributed by atoms with Crippen LogP contribution in [0.25, 0.3) is 5.69 Å². The van der Waals surface area contributed by atoms with E-state index in [1.165, 1.54) is 10.9 Å². The third-order valence-electron chi connectivity index (χ3n) is 1.81. The van der Waals surface area contributed by atoms with E-state index in [2.05, 4.69) is 31.2 Å². The highest BCUT2D eigenvalue weighted by atomic mass is 79.9. The highest BCUT2D eigenvalue weighted by Crippen LogP contribution is 2.16. The van der Waals surface area contributed by atoms with Gasteiger partial charge < -0.3 is 0 Å². The average Bonchev–Trinajstić information content (AvgIpc) is 2.49. The van der Waals surface area contributed by atoms with Crippen molar-refractivity contribution < 1.29 is 4.39 Å². The predicted octanol–water partition coefficient (Wildman–Crippen LogP) is 1.87. The van der Waals surface area contributed by atoms with Gasteiger partial charge in [-0.2, -0.15) is 4.39 Å². The molecule has 0 aliphatic rings. The second-order valence-electron chi connectivity index (χ2n) is 2.69. The fraction of sp³-hybridized carbons (Fsp3) is 0.125. The molecule has 0 saturated carbocycles. The Morgan fingerprint density at radius 2 is 2.29 bits per heavy atom. The van der Waals surface area contributed by atoms with Gasteiger partial charge >= 0.3 is 0 Å². The highest BCUT2D eigenvalue weighted by Gasteiger charge is 2.11. The quantitative estimate of drug-likeness (QED) is 0.732. The van der Waals surface area contributed by atoms with Crippen LogP contribution in [0.2, 0.25) is 0 Å². The topological polar surface area (TPSA) is 43.6 Å². The van der Waals surface area contributed by atoms with Crippen molar-refractivity contribution in [3.05, 3.63) is 34.6 Å². The fourth-order valence-electron chi connectivity index (χ4n) is 1.08. The minimum atomic E-state index is -0.562. The van der Waals surface area contributed by atoms with Crippen molar-refractivity contribution in [2.75, 3.05) is 0 Å². The fourth-order valence-corrected chi connectivity index (χ4v) is 1.31. The monoisotopic (exact) mass is 256 g/mol. The molecule has 0 bridgehead atoms. The normalized spacial score (nSPS) is 10.5. The van der Waals surface area contributed by atoms with E-state index < -0.39 is 5.95 Å². The van der Waals surface area contributed by atoms with E-state index in [1.807, 2.05) is 0 Å². The van der Waals surface area contributed by atoms with Crippen LogP contribution < -0.4 is 0 Å². The molecule has 0 amide bonds. The molecule has 0 aromatic carbocycles. The van der Waals surface area contributed by atoms with E-state index >= 15 is 0 Å². The summed E-state index contributed by atoms with van der Waals surface area (Å²) in [4.78, 5) is 3.54. The molecule has 0 fully saturated rings. The first-order chi connectivity index (χ1) is 6.70. The van der Waals surface area contributed by atoms with E-state index in [0.29, 0.717) is 10.3 Å². The molecule has 4 nitrogen and oxygen atoms in total. The first kappa shape index (κ1) is 9.26. The number of aromatic nitrogens is 4. The van der Waals surface area contributed by atoms with E-state index in [9.17, 15) is 4.39 Å². The number of hydrogen-bond acceptors (Lipinski definition) is 3. The van der Waals surface area contributed by atoms with Gasteiger partial charge in [0, 0.05) is 6.20 Å². The summed E-state index contributed by atoms with van der Waals surface area (Å²) in [6.07, 6.45) is 1.39. The van der Waals surface area contributed by atoms with Crippen LogP contribution in [0.4, 0.5) is 4.39 Å². The minimum absolute atomic E-state index is 0.295. The molecule has 72 valence electrons. The zero-order valence-corrected chi connectivity index (χ0v) is 8.86. The Balaban J connectivity index is 2.60. The smallest absolute Gasteiger partial charge is 0.226 e. The van der Waals surface area contributed by atoms with Crippen molar-refractivity contribution >= 4 is 15.9 Å². The van der Waals surface area contributed by atoms with Gasteiger partial charge in [-0.1, -0.05) is 5.21 Å². The van der Waals surface area contributed by atoms with Crippen molar-refractivity contribution in [1.82, 2.24) is 20.0 Å². The lowest BCUT2D eigenvalue weighted by atomic mass is 10.4. The van der Waals surface area contributed by atoms with Crippen molar-refractivity contribution in [3.63, 3.8) is 0 Å². The third kappa shape index (κ3) is 1.41. The molecule has 2 heterocycles. The summed E-state index contributed by atoms with van der Waals surface area (Å²) < 4.78 is 15.2. The maximum absolute atomic E-state index is 13.2. The Morgan fingerprint density at radius 3 is 2.86 bits per heavy atom. The van der Waals surface area contributed by atoms with Gasteiger partial charge in [0.25, 0.3) is 0 Å². The molecule has 0 spiro atoms. The van der Waals surface area contributed by atoms with Crippen LogP contribution >= 0.6 is 15.9 Å². The number of nitrogens with zero attached hydrogens (tertiary/aromatic N) is 4. The summed E-state index contributed by atoms with van der Waals surface area (Å²) in [5, 5.41) is 7.56. The molecule has 2 aromatic heterocycles. The number of halogens is 2. The Labute approximate surface area is 87.9 Å². The molecule has 0 N–H and O–H groups in total. The van der Waals surface area contributed by atoms with Gasteiger partial charge in [0.05, 0.1) is 5.69 Å². The second-order valence-corrected chi connectivity index (χ2v) is 3.44.